The molecule has 3 N–H and O–H groups in total. The Morgan fingerprint density at radius 1 is 1.18 bits per heavy atom. The van der Waals surface area contributed by atoms with E-state index < -0.39 is 29.9 Å². The summed E-state index contributed by atoms with van der Waals surface area (Å²) in [4.78, 5) is 23.6. The fourth-order valence-electron chi connectivity index (χ4n) is 2.63. The van der Waals surface area contributed by atoms with Crippen LogP contribution in [0.15, 0.2) is 42.5 Å². The lowest BCUT2D eigenvalue weighted by Crippen LogP contribution is -2.29. The molecule has 0 radical (unpaired) electrons. The highest BCUT2D eigenvalue weighted by atomic mass is 19.1. The number of anilines is 1. The molecule has 150 valence electrons. The number of ketones is 1. The molecule has 2 atom stereocenters. The Bertz CT molecular complexity index is 824. The second-order valence-electron chi connectivity index (χ2n) is 6.08. The van der Waals surface area contributed by atoms with Gasteiger partial charge in [-0.2, -0.15) is 0 Å². The number of benzene rings is 2. The molecule has 0 fully saturated rings. The maximum Gasteiger partial charge on any atom is 0.412 e. The number of phenols is 1. The first kappa shape index (κ1) is 21.3. The van der Waals surface area contributed by atoms with E-state index in [9.17, 15) is 24.2 Å². The lowest BCUT2D eigenvalue weighted by atomic mass is 10.0. The van der Waals surface area contributed by atoms with E-state index in [1.807, 2.05) is 0 Å². The van der Waals surface area contributed by atoms with Crippen LogP contribution in [0.1, 0.15) is 35.4 Å². The monoisotopic (exact) mass is 391 g/mol. The third-order valence-electron chi connectivity index (χ3n) is 4.13. The van der Waals surface area contributed by atoms with E-state index in [2.05, 4.69) is 5.32 Å². The first-order valence-corrected chi connectivity index (χ1v) is 8.56. The highest BCUT2D eigenvalue weighted by Crippen LogP contribution is 2.29. The van der Waals surface area contributed by atoms with Crippen molar-refractivity contribution in [1.29, 1.82) is 0 Å². The van der Waals surface area contributed by atoms with Gasteiger partial charge in [0.15, 0.2) is 23.5 Å². The predicted octanol–water partition coefficient (Wildman–Crippen LogP) is 3.42. The van der Waals surface area contributed by atoms with E-state index in [-0.39, 0.29) is 24.4 Å². The van der Waals surface area contributed by atoms with Crippen LogP contribution in [-0.4, -0.2) is 41.9 Å². The van der Waals surface area contributed by atoms with Crippen molar-refractivity contribution in [2.24, 2.45) is 0 Å². The van der Waals surface area contributed by atoms with Crippen molar-refractivity contribution in [3.63, 3.8) is 0 Å². The van der Waals surface area contributed by atoms with E-state index in [1.165, 1.54) is 20.1 Å². The Labute approximate surface area is 161 Å². The predicted molar refractivity (Wildman–Crippen MR) is 99.9 cm³/mol. The van der Waals surface area contributed by atoms with Gasteiger partial charge in [-0.15, -0.1) is 0 Å². The Morgan fingerprint density at radius 3 is 2.39 bits per heavy atom. The third-order valence-corrected chi connectivity index (χ3v) is 4.13. The number of carbonyl (C=O) groups is 2. The van der Waals surface area contributed by atoms with Gasteiger partial charge in [0.05, 0.1) is 0 Å². The van der Waals surface area contributed by atoms with Gasteiger partial charge in [-0.05, 0) is 48.9 Å². The van der Waals surface area contributed by atoms with Gasteiger partial charge in [0, 0.05) is 31.4 Å². The van der Waals surface area contributed by atoms with Crippen LogP contribution in [0.25, 0.3) is 0 Å². The summed E-state index contributed by atoms with van der Waals surface area (Å²) in [5.74, 6) is -1.51. The molecule has 2 aromatic rings. The molecule has 0 heterocycles. The lowest BCUT2D eigenvalue weighted by Gasteiger charge is -2.26. The van der Waals surface area contributed by atoms with E-state index in [4.69, 9.17) is 9.47 Å². The average Bonchev–Trinajstić information content (AvgIpc) is 2.67. The largest absolute Gasteiger partial charge is 0.505 e. The molecule has 1 amide bonds. The van der Waals surface area contributed by atoms with Crippen LogP contribution >= 0.6 is 0 Å². The van der Waals surface area contributed by atoms with Gasteiger partial charge in [0.1, 0.15) is 6.10 Å². The summed E-state index contributed by atoms with van der Waals surface area (Å²) < 4.78 is 24.5. The number of carbonyl (C=O) groups excluding carboxylic acids is 2. The topological polar surface area (TPSA) is 105 Å². The van der Waals surface area contributed by atoms with Crippen molar-refractivity contribution in [3.05, 3.63) is 59.4 Å². The van der Waals surface area contributed by atoms with Gasteiger partial charge in [-0.3, -0.25) is 10.1 Å². The summed E-state index contributed by atoms with van der Waals surface area (Å²) in [5.41, 5.74) is 1.16. The molecular formula is C20H22FNO6. The van der Waals surface area contributed by atoms with Crippen LogP contribution in [0.2, 0.25) is 0 Å². The second kappa shape index (κ2) is 9.82. The number of ether oxygens (including phenoxy) is 2. The standard InChI is InChI=1S/C20H22FNO6/c1-12(24)13-3-6-15(7-4-13)22-20(26)28-19(18(27-2)9-10-23)14-5-8-17(25)16(21)11-14/h3-8,11,18-19,23,25H,9-10H2,1-2H3,(H,22,26)/t18-,19-/m0/s1. The molecule has 0 saturated carbocycles. The first-order chi connectivity index (χ1) is 13.3. The summed E-state index contributed by atoms with van der Waals surface area (Å²) >= 11 is 0. The van der Waals surface area contributed by atoms with Crippen molar-refractivity contribution in [3.8, 4) is 5.75 Å². The fraction of sp³-hybridized carbons (Fsp3) is 0.300. The van der Waals surface area contributed by atoms with Crippen molar-refractivity contribution in [2.45, 2.75) is 25.6 Å². The molecule has 0 spiro atoms. The van der Waals surface area contributed by atoms with Crippen molar-refractivity contribution >= 4 is 17.6 Å². The SMILES string of the molecule is CO[C@@H](CCO)[C@@H](OC(=O)Nc1ccc(C(C)=O)cc1)c1ccc(O)c(F)c1. The molecule has 0 aliphatic heterocycles. The lowest BCUT2D eigenvalue weighted by molar-refractivity contribution is -0.0307. The number of halogens is 1. The first-order valence-electron chi connectivity index (χ1n) is 8.56. The summed E-state index contributed by atoms with van der Waals surface area (Å²) in [6, 6.07) is 9.82. The smallest absolute Gasteiger partial charge is 0.412 e. The highest BCUT2D eigenvalue weighted by molar-refractivity contribution is 5.94. The van der Waals surface area contributed by atoms with E-state index in [1.54, 1.807) is 24.3 Å². The van der Waals surface area contributed by atoms with Crippen molar-refractivity contribution in [2.75, 3.05) is 19.0 Å². The van der Waals surface area contributed by atoms with Gasteiger partial charge >= 0.3 is 6.09 Å². The molecule has 0 aliphatic rings. The maximum absolute atomic E-state index is 13.8. The van der Waals surface area contributed by atoms with Crippen LogP contribution in [0.5, 0.6) is 5.75 Å². The molecule has 0 bridgehead atoms. The number of aliphatic hydroxyl groups excluding tert-OH is 1. The molecule has 2 aromatic carbocycles. The minimum absolute atomic E-state index is 0.101. The summed E-state index contributed by atoms with van der Waals surface area (Å²) in [5, 5.41) is 21.1. The zero-order chi connectivity index (χ0) is 20.7. The summed E-state index contributed by atoms with van der Waals surface area (Å²) in [6.45, 7) is 1.21. The van der Waals surface area contributed by atoms with Crippen LogP contribution < -0.4 is 5.32 Å². The molecule has 0 aromatic heterocycles. The highest BCUT2D eigenvalue weighted by Gasteiger charge is 2.28. The van der Waals surface area contributed by atoms with Gasteiger partial charge < -0.3 is 19.7 Å². The summed E-state index contributed by atoms with van der Waals surface area (Å²) in [7, 11) is 1.38. The van der Waals surface area contributed by atoms with E-state index in [0.717, 1.165) is 12.1 Å². The number of rotatable bonds is 8. The van der Waals surface area contributed by atoms with E-state index in [0.29, 0.717) is 11.3 Å². The second-order valence-corrected chi connectivity index (χ2v) is 6.08. The van der Waals surface area contributed by atoms with Crippen molar-refractivity contribution in [1.82, 2.24) is 0 Å². The number of hydrogen-bond donors (Lipinski definition) is 3. The number of amides is 1. The quantitative estimate of drug-likeness (QED) is 0.596. The molecule has 0 saturated heterocycles. The molecular weight excluding hydrogens is 369 g/mol. The number of Topliss-reactive ketones (excluding diaryl/α,β-unsaturated/α-hetero) is 1. The number of hydrogen-bond acceptors (Lipinski definition) is 6. The Kier molecular flexibility index (Phi) is 7.48. The van der Waals surface area contributed by atoms with Crippen molar-refractivity contribution < 1.29 is 33.7 Å². The molecule has 28 heavy (non-hydrogen) atoms. The Hall–Kier alpha value is -2.97. The Balaban J connectivity index is 2.19. The summed E-state index contributed by atoms with van der Waals surface area (Å²) in [6.07, 6.45) is -2.44. The fourth-order valence-corrected chi connectivity index (χ4v) is 2.63. The Morgan fingerprint density at radius 2 is 1.86 bits per heavy atom. The molecule has 7 nitrogen and oxygen atoms in total. The minimum Gasteiger partial charge on any atom is -0.505 e. The number of aliphatic hydroxyl groups is 1. The van der Waals surface area contributed by atoms with Crippen LogP contribution in [0.3, 0.4) is 0 Å². The van der Waals surface area contributed by atoms with E-state index >= 15 is 0 Å². The molecule has 0 aliphatic carbocycles. The van der Waals surface area contributed by atoms with Gasteiger partial charge in [-0.25, -0.2) is 9.18 Å². The van der Waals surface area contributed by atoms with Gasteiger partial charge in [-0.1, -0.05) is 6.07 Å². The third kappa shape index (κ3) is 5.51. The maximum atomic E-state index is 13.8. The number of methoxy groups -OCH3 is 1. The average molecular weight is 391 g/mol. The van der Waals surface area contributed by atoms with Gasteiger partial charge in [0.2, 0.25) is 0 Å². The molecule has 8 heteroatoms. The van der Waals surface area contributed by atoms with Crippen LogP contribution in [0, 0.1) is 5.82 Å². The van der Waals surface area contributed by atoms with Crippen LogP contribution in [-0.2, 0) is 9.47 Å². The number of aromatic hydroxyl groups is 1. The zero-order valence-corrected chi connectivity index (χ0v) is 15.5. The number of phenolic OH excluding ortho intramolecular Hbond substituents is 1. The minimum atomic E-state index is -1.02. The zero-order valence-electron chi connectivity index (χ0n) is 15.5. The molecule has 0 unspecified atom stereocenters. The normalized spacial score (nSPS) is 12.9. The van der Waals surface area contributed by atoms with Gasteiger partial charge in [0.25, 0.3) is 0 Å². The van der Waals surface area contributed by atoms with Crippen LogP contribution in [0.4, 0.5) is 14.9 Å². The molecule has 2 rings (SSSR count). The number of nitrogens with one attached hydrogen (secondary N) is 1.